The number of nitrogens with one attached hydrogen (secondary N) is 1. The van der Waals surface area contributed by atoms with Crippen LogP contribution < -0.4 is 10.2 Å². The molecule has 116 valence electrons. The molecular weight excluding hydrogens is 302 g/mol. The third-order valence-electron chi connectivity index (χ3n) is 3.75. The summed E-state index contributed by atoms with van der Waals surface area (Å²) in [5, 5.41) is 3.61. The van der Waals surface area contributed by atoms with Gasteiger partial charge in [0.05, 0.1) is 12.8 Å². The van der Waals surface area contributed by atoms with Gasteiger partial charge in [0.15, 0.2) is 0 Å². The number of benzene rings is 1. The fourth-order valence-corrected chi connectivity index (χ4v) is 2.63. The molecule has 1 aliphatic rings. The second-order valence-corrected chi connectivity index (χ2v) is 5.63. The van der Waals surface area contributed by atoms with Crippen LogP contribution in [-0.4, -0.2) is 37.1 Å². The summed E-state index contributed by atoms with van der Waals surface area (Å²) >= 11 is 5.91. The monoisotopic (exact) mass is 319 g/mol. The minimum Gasteiger partial charge on any atom is -0.467 e. The van der Waals surface area contributed by atoms with Crippen LogP contribution in [0.3, 0.4) is 0 Å². The average molecular weight is 320 g/mol. The topological polar surface area (TPSA) is 48.7 Å². The average Bonchev–Trinajstić information content (AvgIpc) is 3.07. The Kier molecular flexibility index (Phi) is 4.53. The molecule has 1 saturated heterocycles. The van der Waals surface area contributed by atoms with Gasteiger partial charge in [-0.15, -0.1) is 0 Å². The van der Waals surface area contributed by atoms with Crippen molar-refractivity contribution >= 4 is 23.3 Å². The Morgan fingerprint density at radius 2 is 1.86 bits per heavy atom. The van der Waals surface area contributed by atoms with Crippen LogP contribution in [0.25, 0.3) is 0 Å². The summed E-state index contributed by atoms with van der Waals surface area (Å²) in [4.78, 5) is 16.2. The zero-order chi connectivity index (χ0) is 15.4. The number of urea groups is 1. The first-order valence-electron chi connectivity index (χ1n) is 7.28. The van der Waals surface area contributed by atoms with Gasteiger partial charge >= 0.3 is 6.03 Å². The summed E-state index contributed by atoms with van der Waals surface area (Å²) in [6.07, 6.45) is 1.60. The van der Waals surface area contributed by atoms with Crippen molar-refractivity contribution in [2.75, 3.05) is 31.1 Å². The van der Waals surface area contributed by atoms with E-state index in [1.54, 1.807) is 6.26 Å². The summed E-state index contributed by atoms with van der Waals surface area (Å²) in [7, 11) is 0. The summed E-state index contributed by atoms with van der Waals surface area (Å²) in [5.74, 6) is 0.758. The van der Waals surface area contributed by atoms with E-state index in [1.165, 1.54) is 0 Å². The first-order valence-corrected chi connectivity index (χ1v) is 7.66. The van der Waals surface area contributed by atoms with Crippen LogP contribution in [0.2, 0.25) is 5.02 Å². The number of hydrogen-bond acceptors (Lipinski definition) is 3. The molecule has 0 aliphatic carbocycles. The highest BCUT2D eigenvalue weighted by Crippen LogP contribution is 2.19. The molecule has 0 unspecified atom stereocenters. The van der Waals surface area contributed by atoms with E-state index in [2.05, 4.69) is 10.2 Å². The molecule has 0 radical (unpaired) electrons. The molecule has 0 saturated carbocycles. The number of anilines is 1. The molecule has 1 N–H and O–H groups in total. The molecule has 1 aliphatic heterocycles. The highest BCUT2D eigenvalue weighted by atomic mass is 35.5. The van der Waals surface area contributed by atoms with E-state index in [4.69, 9.17) is 16.0 Å². The lowest BCUT2D eigenvalue weighted by molar-refractivity contribution is 0.193. The molecule has 2 heterocycles. The fraction of sp³-hybridized carbons (Fsp3) is 0.312. The Morgan fingerprint density at radius 3 is 2.50 bits per heavy atom. The maximum atomic E-state index is 12.1. The fourth-order valence-electron chi connectivity index (χ4n) is 2.51. The van der Waals surface area contributed by atoms with E-state index in [1.807, 2.05) is 41.3 Å². The van der Waals surface area contributed by atoms with Gasteiger partial charge in [-0.05, 0) is 36.4 Å². The number of nitrogens with zero attached hydrogens (tertiary/aromatic N) is 2. The third kappa shape index (κ3) is 3.54. The molecule has 22 heavy (non-hydrogen) atoms. The van der Waals surface area contributed by atoms with Crippen LogP contribution in [0, 0.1) is 0 Å². The van der Waals surface area contributed by atoms with Gasteiger partial charge in [-0.1, -0.05) is 11.6 Å². The van der Waals surface area contributed by atoms with Crippen molar-refractivity contribution in [2.45, 2.75) is 6.54 Å². The number of amides is 2. The molecule has 1 fully saturated rings. The summed E-state index contributed by atoms with van der Waals surface area (Å²) in [6, 6.07) is 11.4. The summed E-state index contributed by atoms with van der Waals surface area (Å²) in [6.45, 7) is 3.45. The molecule has 2 aromatic rings. The molecule has 5 nitrogen and oxygen atoms in total. The lowest BCUT2D eigenvalue weighted by Crippen LogP contribution is -2.51. The SMILES string of the molecule is O=C(NCc1ccco1)N1CCN(c2ccc(Cl)cc2)CC1. The van der Waals surface area contributed by atoms with Crippen molar-refractivity contribution in [3.05, 3.63) is 53.4 Å². The molecule has 6 heteroatoms. The molecule has 3 rings (SSSR count). The highest BCUT2D eigenvalue weighted by molar-refractivity contribution is 6.30. The van der Waals surface area contributed by atoms with Crippen molar-refractivity contribution in [3.63, 3.8) is 0 Å². The maximum Gasteiger partial charge on any atom is 0.317 e. The van der Waals surface area contributed by atoms with Crippen molar-refractivity contribution in [1.82, 2.24) is 10.2 Å². The van der Waals surface area contributed by atoms with Crippen LogP contribution in [0.4, 0.5) is 10.5 Å². The van der Waals surface area contributed by atoms with Crippen LogP contribution >= 0.6 is 11.6 Å². The molecule has 0 bridgehead atoms. The van der Waals surface area contributed by atoms with Gasteiger partial charge in [-0.25, -0.2) is 4.79 Å². The maximum absolute atomic E-state index is 12.1. The molecule has 1 aromatic carbocycles. The second-order valence-electron chi connectivity index (χ2n) is 5.19. The second kappa shape index (κ2) is 6.75. The minimum absolute atomic E-state index is 0.0489. The number of carbonyl (C=O) groups is 1. The predicted octanol–water partition coefficient (Wildman–Crippen LogP) is 2.96. The number of hydrogen-bond donors (Lipinski definition) is 1. The Morgan fingerprint density at radius 1 is 1.14 bits per heavy atom. The van der Waals surface area contributed by atoms with Crippen molar-refractivity contribution in [2.24, 2.45) is 0 Å². The smallest absolute Gasteiger partial charge is 0.317 e. The first kappa shape index (κ1) is 14.8. The standard InChI is InChI=1S/C16H18ClN3O2/c17-13-3-5-14(6-4-13)19-7-9-20(10-8-19)16(21)18-12-15-2-1-11-22-15/h1-6,11H,7-10,12H2,(H,18,21). The van der Waals surface area contributed by atoms with Crippen LogP contribution in [0.5, 0.6) is 0 Å². The van der Waals surface area contributed by atoms with E-state index < -0.39 is 0 Å². The highest BCUT2D eigenvalue weighted by Gasteiger charge is 2.21. The minimum atomic E-state index is -0.0489. The van der Waals surface area contributed by atoms with Gasteiger partial charge in [0.2, 0.25) is 0 Å². The summed E-state index contributed by atoms with van der Waals surface area (Å²) < 4.78 is 5.20. The van der Waals surface area contributed by atoms with Gasteiger partial charge in [0, 0.05) is 36.9 Å². The van der Waals surface area contributed by atoms with E-state index in [9.17, 15) is 4.79 Å². The largest absolute Gasteiger partial charge is 0.467 e. The zero-order valence-corrected chi connectivity index (χ0v) is 12.9. The Hall–Kier alpha value is -2.14. The van der Waals surface area contributed by atoms with Gasteiger partial charge < -0.3 is 19.5 Å². The van der Waals surface area contributed by atoms with Gasteiger partial charge in [-0.3, -0.25) is 0 Å². The Balaban J connectivity index is 1.48. The van der Waals surface area contributed by atoms with E-state index >= 15 is 0 Å². The van der Waals surface area contributed by atoms with Crippen molar-refractivity contribution < 1.29 is 9.21 Å². The lowest BCUT2D eigenvalue weighted by atomic mass is 10.2. The van der Waals surface area contributed by atoms with Crippen LogP contribution in [0.1, 0.15) is 5.76 Å². The number of furan rings is 1. The third-order valence-corrected chi connectivity index (χ3v) is 4.00. The Bertz CT molecular complexity index is 605. The molecule has 0 spiro atoms. The summed E-state index contributed by atoms with van der Waals surface area (Å²) in [5.41, 5.74) is 1.14. The molecule has 0 atom stereocenters. The van der Waals surface area contributed by atoms with Crippen molar-refractivity contribution in [3.8, 4) is 0 Å². The van der Waals surface area contributed by atoms with E-state index in [0.29, 0.717) is 19.6 Å². The molecule has 1 aromatic heterocycles. The van der Waals surface area contributed by atoms with Gasteiger partial charge in [0.1, 0.15) is 5.76 Å². The van der Waals surface area contributed by atoms with Gasteiger partial charge in [-0.2, -0.15) is 0 Å². The lowest BCUT2D eigenvalue weighted by Gasteiger charge is -2.36. The van der Waals surface area contributed by atoms with Gasteiger partial charge in [0.25, 0.3) is 0 Å². The van der Waals surface area contributed by atoms with E-state index in [-0.39, 0.29) is 6.03 Å². The van der Waals surface area contributed by atoms with Crippen LogP contribution in [0.15, 0.2) is 47.1 Å². The number of halogens is 1. The number of piperazine rings is 1. The number of rotatable bonds is 3. The van der Waals surface area contributed by atoms with Crippen molar-refractivity contribution in [1.29, 1.82) is 0 Å². The van der Waals surface area contributed by atoms with E-state index in [0.717, 1.165) is 29.6 Å². The zero-order valence-electron chi connectivity index (χ0n) is 12.2. The van der Waals surface area contributed by atoms with Crippen LogP contribution in [-0.2, 0) is 6.54 Å². The molecular formula is C16H18ClN3O2. The Labute approximate surface area is 134 Å². The normalized spacial score (nSPS) is 15.0. The molecule has 2 amide bonds. The number of carbonyl (C=O) groups excluding carboxylic acids is 1. The first-order chi connectivity index (χ1) is 10.7. The predicted molar refractivity (Wildman–Crippen MR) is 86.2 cm³/mol. The quantitative estimate of drug-likeness (QED) is 0.946.